The maximum atomic E-state index is 6.68. The van der Waals surface area contributed by atoms with E-state index >= 15 is 0 Å². The summed E-state index contributed by atoms with van der Waals surface area (Å²) in [5.74, 6) is 1.94. The number of rotatable bonds is 15. The van der Waals surface area contributed by atoms with Gasteiger partial charge in [-0.1, -0.05) is 44.6 Å². The molecule has 0 radical (unpaired) electrons. The molecule has 0 unspecified atom stereocenters. The highest BCUT2D eigenvalue weighted by Gasteiger charge is 2.51. The summed E-state index contributed by atoms with van der Waals surface area (Å²) >= 11 is 0. The second-order valence-corrected chi connectivity index (χ2v) is 17.1. The molecule has 0 saturated carbocycles. The fraction of sp³-hybridized carbons (Fsp3) is 0.677. The van der Waals surface area contributed by atoms with E-state index in [-0.39, 0.29) is 23.0 Å². The van der Waals surface area contributed by atoms with E-state index in [2.05, 4.69) is 59.9 Å². The SMILES string of the molecule is COc1ccc(COC[C@]2(C)O[C@H]2CC/C(C)=C/CC/C(=C\CC2OCCO2)O[Si](C)(C)C(C)(C)C)cc1. The monoisotopic (exact) mass is 546 g/mol. The second-order valence-electron chi connectivity index (χ2n) is 12.3. The molecule has 0 N–H and O–H groups in total. The fourth-order valence-electron chi connectivity index (χ4n) is 4.24. The molecule has 2 saturated heterocycles. The molecule has 0 amide bonds. The third-order valence-electron chi connectivity index (χ3n) is 7.96. The van der Waals surface area contributed by atoms with Crippen LogP contribution in [0.1, 0.15) is 72.3 Å². The number of hydrogen-bond donors (Lipinski definition) is 0. The number of ether oxygens (including phenoxy) is 5. The lowest BCUT2D eigenvalue weighted by Crippen LogP contribution is -2.40. The van der Waals surface area contributed by atoms with Crippen molar-refractivity contribution in [2.24, 2.45) is 0 Å². The van der Waals surface area contributed by atoms with E-state index in [0.29, 0.717) is 26.4 Å². The Morgan fingerprint density at radius 3 is 2.39 bits per heavy atom. The zero-order valence-electron chi connectivity index (χ0n) is 24.9. The zero-order chi connectivity index (χ0) is 27.8. The molecule has 214 valence electrons. The van der Waals surface area contributed by atoms with Crippen LogP contribution in [-0.4, -0.2) is 53.2 Å². The van der Waals surface area contributed by atoms with Crippen molar-refractivity contribution in [2.75, 3.05) is 26.9 Å². The molecule has 2 atom stereocenters. The van der Waals surface area contributed by atoms with Gasteiger partial charge in [-0.05, 0) is 75.0 Å². The van der Waals surface area contributed by atoms with Crippen molar-refractivity contribution in [1.82, 2.24) is 0 Å². The van der Waals surface area contributed by atoms with E-state index < -0.39 is 8.32 Å². The molecule has 6 nitrogen and oxygen atoms in total. The van der Waals surface area contributed by atoms with Crippen LogP contribution in [0.4, 0.5) is 0 Å². The summed E-state index contributed by atoms with van der Waals surface area (Å²) in [4.78, 5) is 0. The lowest BCUT2D eigenvalue weighted by atomic mass is 10.0. The summed E-state index contributed by atoms with van der Waals surface area (Å²) < 4.78 is 35.1. The highest BCUT2D eigenvalue weighted by molar-refractivity contribution is 6.74. The molecule has 3 rings (SSSR count). The van der Waals surface area contributed by atoms with Gasteiger partial charge in [0.05, 0.1) is 45.4 Å². The average Bonchev–Trinajstić information content (AvgIpc) is 3.23. The molecule has 2 aliphatic heterocycles. The van der Waals surface area contributed by atoms with E-state index in [9.17, 15) is 0 Å². The van der Waals surface area contributed by atoms with Gasteiger partial charge in [-0.25, -0.2) is 0 Å². The third kappa shape index (κ3) is 9.52. The van der Waals surface area contributed by atoms with Gasteiger partial charge in [-0.3, -0.25) is 0 Å². The van der Waals surface area contributed by atoms with Crippen LogP contribution in [0.15, 0.2) is 47.7 Å². The van der Waals surface area contributed by atoms with Crippen molar-refractivity contribution >= 4 is 8.32 Å². The predicted octanol–water partition coefficient (Wildman–Crippen LogP) is 7.54. The molecule has 2 heterocycles. The first-order chi connectivity index (χ1) is 17.9. The molecule has 0 spiro atoms. The second kappa shape index (κ2) is 13.6. The van der Waals surface area contributed by atoms with Crippen LogP contribution in [0, 0.1) is 0 Å². The van der Waals surface area contributed by atoms with Crippen molar-refractivity contribution < 1.29 is 28.1 Å². The normalized spacial score (nSPS) is 23.1. The quantitative estimate of drug-likeness (QED) is 0.0980. The summed E-state index contributed by atoms with van der Waals surface area (Å²) in [6.45, 7) is 18.4. The summed E-state index contributed by atoms with van der Waals surface area (Å²) in [7, 11) is -0.225. The van der Waals surface area contributed by atoms with Crippen molar-refractivity contribution in [2.45, 2.75) is 109 Å². The summed E-state index contributed by atoms with van der Waals surface area (Å²) in [6, 6.07) is 7.99. The standard InChI is InChI=1S/C31H50O6Si/c1-24(12-18-28-31(5,36-28)23-33-22-25-13-15-26(32-6)16-14-25)10-9-11-27(17-19-29-34-20-21-35-29)37-38(7,8)30(2,3)4/h10,13-17,28-29H,9,11-12,18-23H2,1-8H3/b24-10+,27-17+/t28-,31-/m0/s1. The topological polar surface area (TPSA) is 58.7 Å². The van der Waals surface area contributed by atoms with Gasteiger partial charge in [0.1, 0.15) is 11.4 Å². The molecule has 2 aliphatic rings. The average molecular weight is 547 g/mol. The molecule has 0 bridgehead atoms. The Kier molecular flexibility index (Phi) is 11.1. The highest BCUT2D eigenvalue weighted by Crippen LogP contribution is 2.41. The Labute approximate surface area is 231 Å². The molecule has 7 heteroatoms. The van der Waals surface area contributed by atoms with Gasteiger partial charge < -0.3 is 28.1 Å². The van der Waals surface area contributed by atoms with Crippen LogP contribution >= 0.6 is 0 Å². The van der Waals surface area contributed by atoms with Gasteiger partial charge in [-0.2, -0.15) is 0 Å². The minimum atomic E-state index is -1.90. The van der Waals surface area contributed by atoms with E-state index in [1.54, 1.807) is 7.11 Å². The van der Waals surface area contributed by atoms with Gasteiger partial charge in [0.2, 0.25) is 8.32 Å². The lowest BCUT2D eigenvalue weighted by molar-refractivity contribution is -0.0384. The predicted molar refractivity (Wildman–Crippen MR) is 155 cm³/mol. The van der Waals surface area contributed by atoms with Crippen LogP contribution in [0.3, 0.4) is 0 Å². The first kappa shape index (κ1) is 30.9. The number of hydrogen-bond acceptors (Lipinski definition) is 6. The zero-order valence-corrected chi connectivity index (χ0v) is 25.9. The largest absolute Gasteiger partial charge is 0.547 e. The number of methoxy groups -OCH3 is 1. The summed E-state index contributed by atoms with van der Waals surface area (Å²) in [5.41, 5.74) is 2.36. The van der Waals surface area contributed by atoms with Gasteiger partial charge in [0, 0.05) is 12.8 Å². The van der Waals surface area contributed by atoms with Gasteiger partial charge in [0.25, 0.3) is 0 Å². The van der Waals surface area contributed by atoms with E-state index in [0.717, 1.165) is 49.2 Å². The number of epoxide rings is 1. The van der Waals surface area contributed by atoms with Crippen LogP contribution in [0.2, 0.25) is 18.1 Å². The molecular weight excluding hydrogens is 496 g/mol. The maximum Gasteiger partial charge on any atom is 0.250 e. The molecule has 38 heavy (non-hydrogen) atoms. The molecular formula is C31H50O6Si. The van der Waals surface area contributed by atoms with Crippen LogP contribution in [0.25, 0.3) is 0 Å². The number of benzene rings is 1. The Morgan fingerprint density at radius 1 is 1.08 bits per heavy atom. The first-order valence-electron chi connectivity index (χ1n) is 14.1. The van der Waals surface area contributed by atoms with Crippen LogP contribution in [0.5, 0.6) is 5.75 Å². The minimum Gasteiger partial charge on any atom is -0.547 e. The highest BCUT2D eigenvalue weighted by atomic mass is 28.4. The van der Waals surface area contributed by atoms with Gasteiger partial charge >= 0.3 is 0 Å². The Morgan fingerprint density at radius 2 is 1.76 bits per heavy atom. The lowest BCUT2D eigenvalue weighted by Gasteiger charge is -2.37. The molecule has 1 aromatic rings. The van der Waals surface area contributed by atoms with E-state index in [1.165, 1.54) is 5.57 Å². The molecule has 1 aromatic carbocycles. The van der Waals surface area contributed by atoms with Crippen molar-refractivity contribution in [3.63, 3.8) is 0 Å². The van der Waals surface area contributed by atoms with Gasteiger partial charge in [-0.15, -0.1) is 0 Å². The van der Waals surface area contributed by atoms with Crippen LogP contribution < -0.4 is 4.74 Å². The van der Waals surface area contributed by atoms with Crippen molar-refractivity contribution in [1.29, 1.82) is 0 Å². The summed E-state index contributed by atoms with van der Waals surface area (Å²) in [6.07, 6.45) is 9.31. The first-order valence-corrected chi connectivity index (χ1v) is 17.0. The smallest absolute Gasteiger partial charge is 0.250 e. The maximum absolute atomic E-state index is 6.68. The minimum absolute atomic E-state index is 0.140. The van der Waals surface area contributed by atoms with E-state index in [1.807, 2.05) is 24.3 Å². The van der Waals surface area contributed by atoms with Crippen molar-refractivity contribution in [3.05, 3.63) is 53.3 Å². The Bertz CT molecular complexity index is 927. The molecule has 2 fully saturated rings. The van der Waals surface area contributed by atoms with E-state index in [4.69, 9.17) is 28.1 Å². The Balaban J connectivity index is 1.41. The Hall–Kier alpha value is -1.64. The fourth-order valence-corrected chi connectivity index (χ4v) is 5.39. The molecule has 0 aromatic heterocycles. The van der Waals surface area contributed by atoms with Gasteiger partial charge in [0.15, 0.2) is 6.29 Å². The third-order valence-corrected chi connectivity index (χ3v) is 12.3. The summed E-state index contributed by atoms with van der Waals surface area (Å²) in [5, 5.41) is 0.160. The van der Waals surface area contributed by atoms with Crippen molar-refractivity contribution in [3.8, 4) is 5.75 Å². The van der Waals surface area contributed by atoms with Crippen LogP contribution in [-0.2, 0) is 30.0 Å². The molecule has 0 aliphatic carbocycles. The number of allylic oxidation sites excluding steroid dienone is 3.